The van der Waals surface area contributed by atoms with E-state index in [4.69, 9.17) is 23.2 Å². The summed E-state index contributed by atoms with van der Waals surface area (Å²) in [6, 6.07) is 13.5. The highest BCUT2D eigenvalue weighted by Gasteiger charge is 2.26. The van der Waals surface area contributed by atoms with Crippen LogP contribution >= 0.6 is 23.2 Å². The largest absolute Gasteiger partial charge is 0.326 e. The van der Waals surface area contributed by atoms with Crippen molar-refractivity contribution in [1.82, 2.24) is 4.90 Å². The summed E-state index contributed by atoms with van der Waals surface area (Å²) in [7, 11) is 0. The van der Waals surface area contributed by atoms with E-state index in [1.165, 1.54) is 0 Å². The van der Waals surface area contributed by atoms with Gasteiger partial charge in [-0.2, -0.15) is 0 Å². The van der Waals surface area contributed by atoms with Gasteiger partial charge in [0.2, 0.25) is 5.91 Å². The fourth-order valence-electron chi connectivity index (χ4n) is 3.29. The number of benzene rings is 2. The molecule has 1 saturated heterocycles. The lowest BCUT2D eigenvalue weighted by atomic mass is 9.96. The maximum Gasteiger partial charge on any atom is 0.228 e. The Bertz CT molecular complexity index is 743. The van der Waals surface area contributed by atoms with Crippen LogP contribution in [-0.4, -0.2) is 23.9 Å². The summed E-state index contributed by atoms with van der Waals surface area (Å²) in [5.41, 5.74) is 2.93. The molecule has 0 aromatic heterocycles. The molecule has 5 heteroatoms. The molecular formula is C20H22Cl2N2O. The fraction of sp³-hybridized carbons (Fsp3) is 0.350. The zero-order valence-corrected chi connectivity index (χ0v) is 15.8. The topological polar surface area (TPSA) is 32.3 Å². The molecule has 1 N–H and O–H groups in total. The van der Waals surface area contributed by atoms with Crippen LogP contribution in [0.3, 0.4) is 0 Å². The van der Waals surface area contributed by atoms with E-state index in [1.54, 1.807) is 0 Å². The number of anilines is 1. The Morgan fingerprint density at radius 1 is 1.20 bits per heavy atom. The zero-order chi connectivity index (χ0) is 17.8. The molecule has 2 aromatic rings. The number of nitrogens with one attached hydrogen (secondary N) is 1. The molecule has 0 unspecified atom stereocenters. The van der Waals surface area contributed by atoms with Crippen molar-refractivity contribution in [1.29, 1.82) is 0 Å². The number of hydrogen-bond acceptors (Lipinski definition) is 2. The zero-order valence-electron chi connectivity index (χ0n) is 14.3. The number of amides is 1. The first kappa shape index (κ1) is 18.2. The highest BCUT2D eigenvalue weighted by Crippen LogP contribution is 2.28. The van der Waals surface area contributed by atoms with Gasteiger partial charge in [0.15, 0.2) is 0 Å². The third kappa shape index (κ3) is 4.75. The Morgan fingerprint density at radius 2 is 1.92 bits per heavy atom. The first-order valence-corrected chi connectivity index (χ1v) is 9.31. The maximum absolute atomic E-state index is 12.6. The number of halogens is 2. The summed E-state index contributed by atoms with van der Waals surface area (Å²) < 4.78 is 0. The van der Waals surface area contributed by atoms with Gasteiger partial charge in [-0.15, -0.1) is 0 Å². The third-order valence-electron chi connectivity index (χ3n) is 4.61. The first-order chi connectivity index (χ1) is 12.0. The molecular weight excluding hydrogens is 355 g/mol. The lowest BCUT2D eigenvalue weighted by molar-refractivity contribution is -0.121. The van der Waals surface area contributed by atoms with Crippen molar-refractivity contribution in [3.05, 3.63) is 63.6 Å². The molecule has 0 spiro atoms. The predicted octanol–water partition coefficient (Wildman–Crippen LogP) is 5.15. The number of hydrogen-bond donors (Lipinski definition) is 1. The standard InChI is InChI=1S/C20H22Cl2N2O/c1-14-5-2-7-16(11-14)23-20(25)15-6-4-10-24(12-15)13-17-18(21)8-3-9-19(17)22/h2-3,5,7-9,11,15H,4,6,10,12-13H2,1H3,(H,23,25)/t15-/m1/s1. The van der Waals surface area contributed by atoms with Crippen molar-refractivity contribution < 1.29 is 4.79 Å². The summed E-state index contributed by atoms with van der Waals surface area (Å²) in [4.78, 5) is 14.9. The van der Waals surface area contributed by atoms with Crippen LogP contribution in [0.4, 0.5) is 5.69 Å². The summed E-state index contributed by atoms with van der Waals surface area (Å²) in [5.74, 6) is 0.0658. The van der Waals surface area contributed by atoms with E-state index >= 15 is 0 Å². The van der Waals surface area contributed by atoms with E-state index in [0.717, 1.165) is 42.7 Å². The smallest absolute Gasteiger partial charge is 0.228 e. The van der Waals surface area contributed by atoms with Gasteiger partial charge in [0, 0.05) is 34.4 Å². The second-order valence-corrected chi connectivity index (χ2v) is 7.45. The molecule has 0 saturated carbocycles. The fourth-order valence-corrected chi connectivity index (χ4v) is 3.80. The van der Waals surface area contributed by atoms with E-state index in [0.29, 0.717) is 16.6 Å². The average molecular weight is 377 g/mol. The van der Waals surface area contributed by atoms with Crippen LogP contribution in [-0.2, 0) is 11.3 Å². The molecule has 3 nitrogen and oxygen atoms in total. The molecule has 25 heavy (non-hydrogen) atoms. The third-order valence-corrected chi connectivity index (χ3v) is 5.31. The Kier molecular flexibility index (Phi) is 6.00. The Balaban J connectivity index is 1.63. The van der Waals surface area contributed by atoms with Crippen molar-refractivity contribution in [2.24, 2.45) is 5.92 Å². The van der Waals surface area contributed by atoms with Crippen LogP contribution in [0.1, 0.15) is 24.0 Å². The van der Waals surface area contributed by atoms with Crippen molar-refractivity contribution in [2.75, 3.05) is 18.4 Å². The maximum atomic E-state index is 12.6. The number of carbonyl (C=O) groups excluding carboxylic acids is 1. The Labute approximate surface area is 158 Å². The van der Waals surface area contributed by atoms with E-state index < -0.39 is 0 Å². The molecule has 1 aliphatic rings. The van der Waals surface area contributed by atoms with E-state index in [-0.39, 0.29) is 11.8 Å². The van der Waals surface area contributed by atoms with Gasteiger partial charge in [-0.1, -0.05) is 41.4 Å². The summed E-state index contributed by atoms with van der Waals surface area (Å²) in [5, 5.41) is 4.40. The molecule has 2 aromatic carbocycles. The van der Waals surface area contributed by atoms with Gasteiger partial charge in [0.25, 0.3) is 0 Å². The minimum absolute atomic E-state index is 0.0180. The second-order valence-electron chi connectivity index (χ2n) is 6.63. The van der Waals surface area contributed by atoms with E-state index in [2.05, 4.69) is 10.2 Å². The number of nitrogens with zero attached hydrogens (tertiary/aromatic N) is 1. The van der Waals surface area contributed by atoms with Gasteiger partial charge in [0.1, 0.15) is 0 Å². The van der Waals surface area contributed by atoms with E-state index in [1.807, 2.05) is 49.4 Å². The second kappa shape index (κ2) is 8.22. The highest BCUT2D eigenvalue weighted by molar-refractivity contribution is 6.35. The number of aryl methyl sites for hydroxylation is 1. The highest BCUT2D eigenvalue weighted by atomic mass is 35.5. The van der Waals surface area contributed by atoms with Crippen molar-refractivity contribution in [3.8, 4) is 0 Å². The molecule has 3 rings (SSSR count). The van der Waals surface area contributed by atoms with Crippen molar-refractivity contribution in [3.63, 3.8) is 0 Å². The molecule has 1 fully saturated rings. The number of carbonyl (C=O) groups is 1. The van der Waals surface area contributed by atoms with Crippen molar-refractivity contribution >= 4 is 34.8 Å². The Morgan fingerprint density at radius 3 is 2.64 bits per heavy atom. The van der Waals surface area contributed by atoms with Gasteiger partial charge >= 0.3 is 0 Å². The number of likely N-dealkylation sites (tertiary alicyclic amines) is 1. The molecule has 0 aliphatic carbocycles. The lowest BCUT2D eigenvalue weighted by Crippen LogP contribution is -2.40. The van der Waals surface area contributed by atoms with Gasteiger partial charge in [0.05, 0.1) is 5.92 Å². The van der Waals surface area contributed by atoms with Gasteiger partial charge in [-0.3, -0.25) is 9.69 Å². The molecule has 1 amide bonds. The summed E-state index contributed by atoms with van der Waals surface area (Å²) >= 11 is 12.6. The molecule has 0 bridgehead atoms. The molecule has 132 valence electrons. The normalized spacial score (nSPS) is 18.1. The Hall–Kier alpha value is -1.55. The first-order valence-electron chi connectivity index (χ1n) is 8.55. The van der Waals surface area contributed by atoms with Gasteiger partial charge in [-0.05, 0) is 56.1 Å². The SMILES string of the molecule is Cc1cccc(NC(=O)[C@@H]2CCCN(Cc3c(Cl)cccc3Cl)C2)c1. The van der Waals surface area contributed by atoms with Gasteiger partial charge in [-0.25, -0.2) is 0 Å². The number of piperidine rings is 1. The lowest BCUT2D eigenvalue weighted by Gasteiger charge is -2.32. The van der Waals surface area contributed by atoms with Crippen LogP contribution < -0.4 is 5.32 Å². The minimum atomic E-state index is -0.0180. The molecule has 0 radical (unpaired) electrons. The van der Waals surface area contributed by atoms with Crippen LogP contribution in [0.25, 0.3) is 0 Å². The van der Waals surface area contributed by atoms with Gasteiger partial charge < -0.3 is 5.32 Å². The van der Waals surface area contributed by atoms with Crippen molar-refractivity contribution in [2.45, 2.75) is 26.3 Å². The van der Waals surface area contributed by atoms with Crippen LogP contribution in [0.15, 0.2) is 42.5 Å². The summed E-state index contributed by atoms with van der Waals surface area (Å²) in [6.45, 7) is 4.37. The average Bonchev–Trinajstić information content (AvgIpc) is 2.58. The molecule has 1 heterocycles. The number of rotatable bonds is 4. The minimum Gasteiger partial charge on any atom is -0.326 e. The summed E-state index contributed by atoms with van der Waals surface area (Å²) in [6.07, 6.45) is 1.90. The van der Waals surface area contributed by atoms with Crippen LogP contribution in [0, 0.1) is 12.8 Å². The van der Waals surface area contributed by atoms with Crippen LogP contribution in [0.5, 0.6) is 0 Å². The molecule has 1 atom stereocenters. The predicted molar refractivity (Wildman–Crippen MR) is 104 cm³/mol. The molecule has 1 aliphatic heterocycles. The monoisotopic (exact) mass is 376 g/mol. The van der Waals surface area contributed by atoms with E-state index in [9.17, 15) is 4.79 Å². The quantitative estimate of drug-likeness (QED) is 0.799. The van der Waals surface area contributed by atoms with Crippen LogP contribution in [0.2, 0.25) is 10.0 Å².